The van der Waals surface area contributed by atoms with E-state index in [-0.39, 0.29) is 27.5 Å². The summed E-state index contributed by atoms with van der Waals surface area (Å²) in [6.07, 6.45) is -4.82. The molecule has 0 aliphatic heterocycles. The first-order chi connectivity index (χ1) is 11.8. The summed E-state index contributed by atoms with van der Waals surface area (Å²) < 4.78 is 53.1. The van der Waals surface area contributed by atoms with Crippen LogP contribution in [0.4, 0.5) is 17.6 Å². The fourth-order valence-electron chi connectivity index (χ4n) is 2.37. The lowest BCUT2D eigenvalue weighted by atomic mass is 9.98. The maximum atomic E-state index is 14.4. The smallest absolute Gasteiger partial charge is 0.206 e. The largest absolute Gasteiger partial charge is 0.419 e. The summed E-state index contributed by atoms with van der Waals surface area (Å²) in [5.74, 6) is -1.40. The van der Waals surface area contributed by atoms with Crippen LogP contribution in [0.3, 0.4) is 0 Å². The number of benzene rings is 2. The van der Waals surface area contributed by atoms with E-state index in [1.807, 2.05) is 6.07 Å². The van der Waals surface area contributed by atoms with Gasteiger partial charge in [0.1, 0.15) is 17.6 Å². The third kappa shape index (κ3) is 3.19. The maximum Gasteiger partial charge on any atom is 0.419 e. The van der Waals surface area contributed by atoms with Crippen molar-refractivity contribution in [2.24, 2.45) is 0 Å². The van der Waals surface area contributed by atoms with Gasteiger partial charge in [-0.05, 0) is 29.8 Å². The van der Waals surface area contributed by atoms with Gasteiger partial charge in [0.2, 0.25) is 0 Å². The zero-order valence-corrected chi connectivity index (χ0v) is 13.0. The Balaban J connectivity index is 2.19. The summed E-state index contributed by atoms with van der Waals surface area (Å²) in [5.41, 5.74) is -1.04. The monoisotopic (exact) mass is 366 g/mol. The Hall–Kier alpha value is -2.92. The van der Waals surface area contributed by atoms with Crippen LogP contribution in [0.25, 0.3) is 22.4 Å². The number of rotatable bonds is 2. The number of hydrogen-bond acceptors (Lipinski definition) is 3. The Bertz CT molecular complexity index is 989. The van der Waals surface area contributed by atoms with E-state index in [2.05, 4.69) is 15.4 Å². The van der Waals surface area contributed by atoms with Gasteiger partial charge in [0.25, 0.3) is 0 Å². The van der Waals surface area contributed by atoms with Crippen molar-refractivity contribution in [2.45, 2.75) is 6.18 Å². The second-order valence-corrected chi connectivity index (χ2v) is 5.46. The molecule has 1 heterocycles. The number of alkyl halides is 3. The van der Waals surface area contributed by atoms with Gasteiger partial charge in [0, 0.05) is 16.1 Å². The Kier molecular flexibility index (Phi) is 4.18. The highest BCUT2D eigenvalue weighted by Crippen LogP contribution is 2.37. The molecule has 3 aromatic rings. The molecule has 1 N–H and O–H groups in total. The average molecular weight is 367 g/mol. The van der Waals surface area contributed by atoms with E-state index in [0.717, 1.165) is 6.07 Å². The van der Waals surface area contributed by atoms with Crippen LogP contribution in [0.2, 0.25) is 5.02 Å². The van der Waals surface area contributed by atoms with Gasteiger partial charge >= 0.3 is 6.18 Å². The number of H-pyrrole nitrogens is 1. The molecule has 0 aliphatic carbocycles. The van der Waals surface area contributed by atoms with Crippen molar-refractivity contribution in [1.82, 2.24) is 15.4 Å². The molecule has 0 saturated carbocycles. The summed E-state index contributed by atoms with van der Waals surface area (Å²) in [7, 11) is 0. The van der Waals surface area contributed by atoms with E-state index in [1.165, 1.54) is 24.3 Å². The number of hydrogen-bond donors (Lipinski definition) is 1. The van der Waals surface area contributed by atoms with Crippen LogP contribution in [-0.2, 0) is 6.18 Å². The molecule has 0 bridgehead atoms. The molecule has 3 rings (SSSR count). The Morgan fingerprint density at radius 3 is 2.48 bits per heavy atom. The minimum Gasteiger partial charge on any atom is -0.206 e. The minimum atomic E-state index is -4.82. The molecule has 0 atom stereocenters. The summed E-state index contributed by atoms with van der Waals surface area (Å²) in [6.45, 7) is 0. The van der Waals surface area contributed by atoms with Crippen molar-refractivity contribution in [3.05, 3.63) is 58.5 Å². The molecule has 2 aromatic carbocycles. The van der Waals surface area contributed by atoms with Crippen LogP contribution < -0.4 is 0 Å². The van der Waals surface area contributed by atoms with Crippen molar-refractivity contribution >= 4 is 11.6 Å². The lowest BCUT2D eigenvalue weighted by Gasteiger charge is -2.12. The molecular formula is C16H7ClF4N4. The standard InChI is InChI=1S/C16H7ClF4N4/c17-10-5-8(4-9(6-10)15-13(7-22)23-25-24-15)11-2-1-3-12(14(11)18)16(19,20)21/h1-6H,(H,23,24,25). The van der Waals surface area contributed by atoms with Crippen molar-refractivity contribution in [3.8, 4) is 28.5 Å². The predicted octanol–water partition coefficient (Wildman–Crippen LogP) is 4.82. The zero-order chi connectivity index (χ0) is 18.2. The van der Waals surface area contributed by atoms with Gasteiger partial charge in [-0.3, -0.25) is 0 Å². The first-order valence-corrected chi connectivity index (χ1v) is 7.17. The predicted molar refractivity (Wildman–Crippen MR) is 81.9 cm³/mol. The van der Waals surface area contributed by atoms with Gasteiger partial charge in [-0.15, -0.1) is 5.10 Å². The van der Waals surface area contributed by atoms with E-state index in [1.54, 1.807) is 0 Å². The molecule has 0 fully saturated rings. The van der Waals surface area contributed by atoms with Gasteiger partial charge in [-0.2, -0.15) is 28.7 Å². The SMILES string of the molecule is N#Cc1n[nH]nc1-c1cc(Cl)cc(-c2cccc(C(F)(F)F)c2F)c1. The molecule has 0 aliphatic rings. The number of aromatic amines is 1. The number of nitriles is 1. The van der Waals surface area contributed by atoms with Crippen LogP contribution in [0, 0.1) is 17.1 Å². The number of halogens is 5. The van der Waals surface area contributed by atoms with E-state index in [4.69, 9.17) is 16.9 Å². The second-order valence-electron chi connectivity index (χ2n) is 5.03. The zero-order valence-electron chi connectivity index (χ0n) is 12.2. The van der Waals surface area contributed by atoms with E-state index < -0.39 is 17.6 Å². The Morgan fingerprint density at radius 1 is 1.08 bits per heavy atom. The average Bonchev–Trinajstić information content (AvgIpc) is 3.02. The molecule has 1 aromatic heterocycles. The molecular weight excluding hydrogens is 360 g/mol. The lowest BCUT2D eigenvalue weighted by molar-refractivity contribution is -0.139. The van der Waals surface area contributed by atoms with Crippen LogP contribution in [-0.4, -0.2) is 15.4 Å². The first-order valence-electron chi connectivity index (χ1n) is 6.79. The van der Waals surface area contributed by atoms with Crippen molar-refractivity contribution in [3.63, 3.8) is 0 Å². The molecule has 0 radical (unpaired) electrons. The summed E-state index contributed by atoms with van der Waals surface area (Å²) in [5, 5.41) is 18.9. The van der Waals surface area contributed by atoms with Gasteiger partial charge < -0.3 is 0 Å². The number of nitrogens with zero attached hydrogens (tertiary/aromatic N) is 3. The second kappa shape index (κ2) is 6.18. The Labute approximate surface area is 143 Å². The molecule has 0 saturated heterocycles. The summed E-state index contributed by atoms with van der Waals surface area (Å²) in [6, 6.07) is 8.99. The fourth-order valence-corrected chi connectivity index (χ4v) is 2.60. The van der Waals surface area contributed by atoms with E-state index >= 15 is 0 Å². The Morgan fingerprint density at radius 2 is 1.80 bits per heavy atom. The normalized spacial score (nSPS) is 11.4. The molecule has 4 nitrogen and oxygen atoms in total. The van der Waals surface area contributed by atoms with Crippen molar-refractivity contribution in [1.29, 1.82) is 5.26 Å². The van der Waals surface area contributed by atoms with Gasteiger partial charge in [-0.25, -0.2) is 4.39 Å². The molecule has 25 heavy (non-hydrogen) atoms. The third-order valence-corrected chi connectivity index (χ3v) is 3.66. The van der Waals surface area contributed by atoms with Gasteiger partial charge in [0.05, 0.1) is 5.56 Å². The maximum absolute atomic E-state index is 14.4. The van der Waals surface area contributed by atoms with Gasteiger partial charge in [-0.1, -0.05) is 23.7 Å². The topological polar surface area (TPSA) is 65.4 Å². The molecule has 9 heteroatoms. The van der Waals surface area contributed by atoms with Crippen molar-refractivity contribution < 1.29 is 17.6 Å². The van der Waals surface area contributed by atoms with Crippen LogP contribution in [0.5, 0.6) is 0 Å². The minimum absolute atomic E-state index is 0.0160. The molecule has 0 unspecified atom stereocenters. The van der Waals surface area contributed by atoms with Crippen LogP contribution in [0.1, 0.15) is 11.3 Å². The van der Waals surface area contributed by atoms with Crippen LogP contribution in [0.15, 0.2) is 36.4 Å². The fraction of sp³-hybridized carbons (Fsp3) is 0.0625. The highest BCUT2D eigenvalue weighted by Gasteiger charge is 2.35. The highest BCUT2D eigenvalue weighted by molar-refractivity contribution is 6.31. The molecule has 0 spiro atoms. The van der Waals surface area contributed by atoms with Crippen LogP contribution >= 0.6 is 11.6 Å². The quantitative estimate of drug-likeness (QED) is 0.661. The lowest BCUT2D eigenvalue weighted by Crippen LogP contribution is -2.08. The van der Waals surface area contributed by atoms with Crippen molar-refractivity contribution in [2.75, 3.05) is 0 Å². The first kappa shape index (κ1) is 16.9. The molecule has 0 amide bonds. The van der Waals surface area contributed by atoms with E-state index in [0.29, 0.717) is 11.6 Å². The summed E-state index contributed by atoms with van der Waals surface area (Å²) >= 11 is 6.01. The molecule has 126 valence electrons. The third-order valence-electron chi connectivity index (χ3n) is 3.44. The number of aromatic nitrogens is 3. The summed E-state index contributed by atoms with van der Waals surface area (Å²) in [4.78, 5) is 0. The van der Waals surface area contributed by atoms with Gasteiger partial charge in [0.15, 0.2) is 5.69 Å². The number of nitrogens with one attached hydrogen (secondary N) is 1. The van der Waals surface area contributed by atoms with E-state index in [9.17, 15) is 17.6 Å². The highest BCUT2D eigenvalue weighted by atomic mass is 35.5.